The maximum absolute atomic E-state index is 12.3. The Kier molecular flexibility index (Phi) is 2.24. The van der Waals surface area contributed by atoms with E-state index in [0.29, 0.717) is 5.56 Å². The van der Waals surface area contributed by atoms with Crippen LogP contribution >= 0.6 is 0 Å². The van der Waals surface area contributed by atoms with Crippen LogP contribution in [0.2, 0.25) is 0 Å². The Morgan fingerprint density at radius 1 is 1.36 bits per heavy atom. The number of halogens is 1. The summed E-state index contributed by atoms with van der Waals surface area (Å²) in [4.78, 5) is 0. The van der Waals surface area contributed by atoms with E-state index in [0.717, 1.165) is 0 Å². The Labute approximate surface area is 65.3 Å². The lowest BCUT2D eigenvalue weighted by Crippen LogP contribution is -1.93. The van der Waals surface area contributed by atoms with Crippen LogP contribution in [-0.4, -0.2) is 4.21 Å². The molecule has 11 heavy (non-hydrogen) atoms. The van der Waals surface area contributed by atoms with Crippen LogP contribution in [0.1, 0.15) is 5.56 Å². The molecule has 0 aliphatic heterocycles. The van der Waals surface area contributed by atoms with Crippen LogP contribution in [0, 0.1) is 4.78 Å². The lowest BCUT2D eigenvalue weighted by atomic mass is 10.2. The van der Waals surface area contributed by atoms with E-state index in [1.54, 1.807) is 30.3 Å². The van der Waals surface area contributed by atoms with Gasteiger partial charge in [0.15, 0.2) is 0 Å². The zero-order chi connectivity index (χ0) is 8.32. The minimum absolute atomic E-state index is 0.312. The maximum Gasteiger partial charge on any atom is 0.203 e. The second kappa shape index (κ2) is 3.00. The van der Waals surface area contributed by atoms with Gasteiger partial charge in [-0.05, 0) is 5.56 Å². The standard InChI is InChI=1S/C7H8FNOS/c8-11(9,10)6-7-4-2-1-3-5-7/h1-5,9H,6H2. The average Bonchev–Trinajstić information content (AvgIpc) is 1.85. The van der Waals surface area contributed by atoms with E-state index in [9.17, 15) is 8.09 Å². The zero-order valence-corrected chi connectivity index (χ0v) is 6.60. The molecule has 0 saturated heterocycles. The fraction of sp³-hybridized carbons (Fsp3) is 0.143. The molecule has 2 nitrogen and oxygen atoms in total. The van der Waals surface area contributed by atoms with Gasteiger partial charge in [-0.2, -0.15) is 0 Å². The Bertz CT molecular complexity index is 320. The van der Waals surface area contributed by atoms with Crippen molar-refractivity contribution in [3.8, 4) is 0 Å². The van der Waals surface area contributed by atoms with E-state index in [2.05, 4.69) is 0 Å². The van der Waals surface area contributed by atoms with Crippen molar-refractivity contribution in [3.05, 3.63) is 35.9 Å². The summed E-state index contributed by atoms with van der Waals surface area (Å²) in [6.07, 6.45) is 0. The molecule has 0 heterocycles. The summed E-state index contributed by atoms with van der Waals surface area (Å²) in [5, 5.41) is 0. The fourth-order valence-corrected chi connectivity index (χ4v) is 1.41. The molecule has 0 fully saturated rings. The monoisotopic (exact) mass is 173 g/mol. The van der Waals surface area contributed by atoms with Gasteiger partial charge in [0.2, 0.25) is 10.1 Å². The topological polar surface area (TPSA) is 40.9 Å². The van der Waals surface area contributed by atoms with Gasteiger partial charge in [0.05, 0.1) is 5.75 Å². The van der Waals surface area contributed by atoms with Gasteiger partial charge in [-0.1, -0.05) is 30.3 Å². The van der Waals surface area contributed by atoms with Gasteiger partial charge in [0.25, 0.3) is 0 Å². The first-order valence-corrected chi connectivity index (χ1v) is 4.71. The van der Waals surface area contributed by atoms with Gasteiger partial charge in [-0.25, -0.2) is 8.99 Å². The van der Waals surface area contributed by atoms with Crippen molar-refractivity contribution in [1.82, 2.24) is 0 Å². The first-order chi connectivity index (χ1) is 5.08. The summed E-state index contributed by atoms with van der Waals surface area (Å²) in [5.41, 5.74) is 0.593. The Morgan fingerprint density at radius 2 is 1.91 bits per heavy atom. The van der Waals surface area contributed by atoms with E-state index < -0.39 is 10.1 Å². The summed E-state index contributed by atoms with van der Waals surface area (Å²) in [6.45, 7) is 0. The van der Waals surface area contributed by atoms with Gasteiger partial charge in [0, 0.05) is 0 Å². The minimum atomic E-state index is -3.88. The summed E-state index contributed by atoms with van der Waals surface area (Å²) in [7, 11) is -3.88. The first-order valence-electron chi connectivity index (χ1n) is 3.08. The van der Waals surface area contributed by atoms with Crippen molar-refractivity contribution in [2.24, 2.45) is 0 Å². The van der Waals surface area contributed by atoms with E-state index in [1.165, 1.54) is 0 Å². The maximum atomic E-state index is 12.3. The number of benzene rings is 1. The molecule has 4 heteroatoms. The van der Waals surface area contributed by atoms with Crippen LogP contribution in [0.3, 0.4) is 0 Å². The molecule has 1 rings (SSSR count). The predicted octanol–water partition coefficient (Wildman–Crippen LogP) is 2.12. The highest BCUT2D eigenvalue weighted by Crippen LogP contribution is 2.06. The van der Waals surface area contributed by atoms with Gasteiger partial charge in [-0.15, -0.1) is 3.89 Å². The minimum Gasteiger partial charge on any atom is -0.226 e. The van der Waals surface area contributed by atoms with Gasteiger partial charge < -0.3 is 0 Å². The van der Waals surface area contributed by atoms with Gasteiger partial charge >= 0.3 is 0 Å². The number of hydrogen-bond donors (Lipinski definition) is 1. The van der Waals surface area contributed by atoms with Crippen LogP contribution in [0.15, 0.2) is 30.3 Å². The molecule has 0 aromatic heterocycles. The third kappa shape index (κ3) is 3.13. The molecule has 0 radical (unpaired) electrons. The molecule has 0 spiro atoms. The summed E-state index contributed by atoms with van der Waals surface area (Å²) in [5.74, 6) is -0.312. The van der Waals surface area contributed by atoms with Crippen LogP contribution in [-0.2, 0) is 15.9 Å². The van der Waals surface area contributed by atoms with Crippen molar-refractivity contribution < 1.29 is 8.09 Å². The summed E-state index contributed by atoms with van der Waals surface area (Å²) >= 11 is 0. The highest BCUT2D eigenvalue weighted by atomic mass is 32.3. The molecule has 0 amide bonds. The lowest BCUT2D eigenvalue weighted by molar-refractivity contribution is 0.635. The van der Waals surface area contributed by atoms with E-state index in [-0.39, 0.29) is 5.75 Å². The molecular weight excluding hydrogens is 165 g/mol. The molecule has 60 valence electrons. The molecule has 0 saturated carbocycles. The molecule has 0 aliphatic carbocycles. The highest BCUT2D eigenvalue weighted by molar-refractivity contribution is 7.86. The lowest BCUT2D eigenvalue weighted by Gasteiger charge is -1.95. The molecule has 1 atom stereocenters. The van der Waals surface area contributed by atoms with Crippen LogP contribution in [0.25, 0.3) is 0 Å². The number of nitrogens with one attached hydrogen (secondary N) is 1. The van der Waals surface area contributed by atoms with Crippen LogP contribution < -0.4 is 0 Å². The Balaban J connectivity index is 2.82. The van der Waals surface area contributed by atoms with Crippen molar-refractivity contribution in [2.45, 2.75) is 5.75 Å². The highest BCUT2D eigenvalue weighted by Gasteiger charge is 2.02. The molecule has 0 aliphatic rings. The molecular formula is C7H8FNOS. The van der Waals surface area contributed by atoms with E-state index in [1.807, 2.05) is 0 Å². The quantitative estimate of drug-likeness (QED) is 0.684. The second-order valence-electron chi connectivity index (χ2n) is 2.22. The summed E-state index contributed by atoms with van der Waals surface area (Å²) in [6, 6.07) is 8.52. The third-order valence-electron chi connectivity index (χ3n) is 1.20. The largest absolute Gasteiger partial charge is 0.226 e. The second-order valence-corrected chi connectivity index (χ2v) is 3.70. The van der Waals surface area contributed by atoms with E-state index >= 15 is 0 Å². The Morgan fingerprint density at radius 3 is 2.36 bits per heavy atom. The van der Waals surface area contributed by atoms with Crippen LogP contribution in [0.5, 0.6) is 0 Å². The van der Waals surface area contributed by atoms with Gasteiger partial charge in [-0.3, -0.25) is 0 Å². The van der Waals surface area contributed by atoms with Gasteiger partial charge in [0.1, 0.15) is 0 Å². The van der Waals surface area contributed by atoms with Crippen molar-refractivity contribution in [2.75, 3.05) is 0 Å². The zero-order valence-electron chi connectivity index (χ0n) is 5.79. The number of rotatable bonds is 2. The molecule has 1 aromatic carbocycles. The summed E-state index contributed by atoms with van der Waals surface area (Å²) < 4.78 is 29.2. The van der Waals surface area contributed by atoms with Crippen molar-refractivity contribution >= 4 is 10.1 Å². The fourth-order valence-electron chi connectivity index (χ4n) is 0.789. The van der Waals surface area contributed by atoms with Crippen molar-refractivity contribution in [1.29, 1.82) is 4.78 Å². The molecule has 1 aromatic rings. The number of hydrogen-bond acceptors (Lipinski definition) is 2. The normalized spacial score (nSPS) is 15.7. The average molecular weight is 173 g/mol. The van der Waals surface area contributed by atoms with E-state index in [4.69, 9.17) is 4.78 Å². The van der Waals surface area contributed by atoms with Crippen molar-refractivity contribution in [3.63, 3.8) is 0 Å². The predicted molar refractivity (Wildman–Crippen MR) is 42.1 cm³/mol. The third-order valence-corrected chi connectivity index (χ3v) is 1.90. The first kappa shape index (κ1) is 8.20. The smallest absolute Gasteiger partial charge is 0.203 e. The molecule has 1 N–H and O–H groups in total. The SMILES string of the molecule is N=S(=O)(F)Cc1ccccc1. The molecule has 0 bridgehead atoms. The molecule has 1 unspecified atom stereocenters. The van der Waals surface area contributed by atoms with Crippen LogP contribution in [0.4, 0.5) is 3.89 Å². The Hall–Kier alpha value is -0.900.